The zero-order valence-electron chi connectivity index (χ0n) is 11.2. The standard InChI is InChI=1S/C13H23NO3/c1-8(2)14-13(16)11-6-5-9(3)7-12(11)17-10(4)15/h8-9,11-12H,5-7H2,1-4H3,(H,14,16)/t9-,11-,12+/m0/s1. The quantitative estimate of drug-likeness (QED) is 0.767. The van der Waals surface area contributed by atoms with E-state index in [2.05, 4.69) is 12.2 Å². The summed E-state index contributed by atoms with van der Waals surface area (Å²) in [6.07, 6.45) is 2.36. The molecule has 3 atom stereocenters. The Hall–Kier alpha value is -1.06. The number of carbonyl (C=O) groups excluding carboxylic acids is 2. The van der Waals surface area contributed by atoms with Gasteiger partial charge in [-0.05, 0) is 39.0 Å². The van der Waals surface area contributed by atoms with Crippen LogP contribution in [0.25, 0.3) is 0 Å². The van der Waals surface area contributed by atoms with Crippen molar-refractivity contribution in [1.29, 1.82) is 0 Å². The van der Waals surface area contributed by atoms with Crippen molar-refractivity contribution in [3.63, 3.8) is 0 Å². The average molecular weight is 241 g/mol. The summed E-state index contributed by atoms with van der Waals surface area (Å²) in [4.78, 5) is 23.1. The van der Waals surface area contributed by atoms with Crippen LogP contribution in [0.3, 0.4) is 0 Å². The summed E-state index contributed by atoms with van der Waals surface area (Å²) in [7, 11) is 0. The molecule has 98 valence electrons. The van der Waals surface area contributed by atoms with Crippen LogP contribution in [-0.4, -0.2) is 24.0 Å². The topological polar surface area (TPSA) is 55.4 Å². The number of ether oxygens (including phenoxy) is 1. The molecular formula is C13H23NO3. The van der Waals surface area contributed by atoms with Gasteiger partial charge in [-0.1, -0.05) is 6.92 Å². The van der Waals surface area contributed by atoms with Gasteiger partial charge >= 0.3 is 5.97 Å². The van der Waals surface area contributed by atoms with Crippen LogP contribution in [-0.2, 0) is 14.3 Å². The number of hydrogen-bond donors (Lipinski definition) is 1. The SMILES string of the molecule is CC(=O)O[C@@H]1C[C@@H](C)CC[C@@H]1C(=O)NC(C)C. The first-order valence-electron chi connectivity index (χ1n) is 6.37. The van der Waals surface area contributed by atoms with Gasteiger partial charge in [0.05, 0.1) is 5.92 Å². The Morgan fingerprint density at radius 1 is 1.29 bits per heavy atom. The molecule has 1 aliphatic rings. The fourth-order valence-electron chi connectivity index (χ4n) is 2.36. The lowest BCUT2D eigenvalue weighted by atomic mass is 9.80. The van der Waals surface area contributed by atoms with Crippen LogP contribution in [0.5, 0.6) is 0 Å². The molecular weight excluding hydrogens is 218 g/mol. The van der Waals surface area contributed by atoms with Crippen molar-refractivity contribution in [2.45, 2.75) is 59.1 Å². The summed E-state index contributed by atoms with van der Waals surface area (Å²) in [5.41, 5.74) is 0. The predicted octanol–water partition coefficient (Wildman–Crippen LogP) is 1.88. The molecule has 1 fully saturated rings. The summed E-state index contributed by atoms with van der Waals surface area (Å²) in [5.74, 6) is 0.0459. The molecule has 1 amide bonds. The lowest BCUT2D eigenvalue weighted by molar-refractivity contribution is -0.154. The maximum absolute atomic E-state index is 12.0. The van der Waals surface area contributed by atoms with Crippen LogP contribution in [0.2, 0.25) is 0 Å². The van der Waals surface area contributed by atoms with Crippen molar-refractivity contribution in [3.8, 4) is 0 Å². The number of nitrogens with one attached hydrogen (secondary N) is 1. The molecule has 0 aromatic carbocycles. The van der Waals surface area contributed by atoms with E-state index in [0.29, 0.717) is 5.92 Å². The molecule has 0 radical (unpaired) electrons. The average Bonchev–Trinajstić information content (AvgIpc) is 2.15. The van der Waals surface area contributed by atoms with Gasteiger partial charge < -0.3 is 10.1 Å². The summed E-state index contributed by atoms with van der Waals surface area (Å²) < 4.78 is 5.28. The number of carbonyl (C=O) groups is 2. The first kappa shape index (κ1) is 14.0. The Kier molecular flexibility index (Phi) is 4.97. The number of hydrogen-bond acceptors (Lipinski definition) is 3. The van der Waals surface area contributed by atoms with Crippen LogP contribution >= 0.6 is 0 Å². The van der Waals surface area contributed by atoms with Crippen LogP contribution in [0, 0.1) is 11.8 Å². The Balaban J connectivity index is 2.65. The number of rotatable bonds is 3. The lowest BCUT2D eigenvalue weighted by Crippen LogP contribution is -2.44. The van der Waals surface area contributed by atoms with Crippen LogP contribution in [0.15, 0.2) is 0 Å². The minimum atomic E-state index is -0.300. The third kappa shape index (κ3) is 4.36. The Morgan fingerprint density at radius 3 is 2.47 bits per heavy atom. The Bertz CT molecular complexity index is 288. The first-order chi connectivity index (χ1) is 7.90. The molecule has 1 aliphatic carbocycles. The van der Waals surface area contributed by atoms with Gasteiger partial charge in [0, 0.05) is 13.0 Å². The second-order valence-electron chi connectivity index (χ2n) is 5.34. The van der Waals surface area contributed by atoms with Gasteiger partial charge in [0.2, 0.25) is 5.91 Å². The second kappa shape index (κ2) is 6.03. The zero-order chi connectivity index (χ0) is 13.0. The third-order valence-corrected chi connectivity index (χ3v) is 3.14. The van der Waals surface area contributed by atoms with E-state index in [1.165, 1.54) is 6.92 Å². The summed E-state index contributed by atoms with van der Waals surface area (Å²) in [6.45, 7) is 7.40. The maximum Gasteiger partial charge on any atom is 0.302 e. The zero-order valence-corrected chi connectivity index (χ0v) is 11.2. The highest BCUT2D eigenvalue weighted by atomic mass is 16.5. The van der Waals surface area contributed by atoms with E-state index in [1.807, 2.05) is 13.8 Å². The van der Waals surface area contributed by atoms with Crippen molar-refractivity contribution in [1.82, 2.24) is 5.32 Å². The molecule has 0 aromatic heterocycles. The third-order valence-electron chi connectivity index (χ3n) is 3.14. The molecule has 0 spiro atoms. The van der Waals surface area contributed by atoms with Crippen LogP contribution < -0.4 is 5.32 Å². The molecule has 1 N–H and O–H groups in total. The highest BCUT2D eigenvalue weighted by Crippen LogP contribution is 2.31. The minimum absolute atomic E-state index is 0.0122. The van der Waals surface area contributed by atoms with E-state index >= 15 is 0 Å². The summed E-state index contributed by atoms with van der Waals surface area (Å²) in [5, 5.41) is 2.90. The Labute approximate surface area is 103 Å². The second-order valence-corrected chi connectivity index (χ2v) is 5.34. The Morgan fingerprint density at radius 2 is 1.94 bits per heavy atom. The van der Waals surface area contributed by atoms with E-state index < -0.39 is 0 Å². The minimum Gasteiger partial charge on any atom is -0.462 e. The van der Waals surface area contributed by atoms with Gasteiger partial charge in [0.15, 0.2) is 0 Å². The van der Waals surface area contributed by atoms with Gasteiger partial charge in [-0.15, -0.1) is 0 Å². The highest BCUT2D eigenvalue weighted by Gasteiger charge is 2.35. The lowest BCUT2D eigenvalue weighted by Gasteiger charge is -2.33. The van der Waals surface area contributed by atoms with Crippen molar-refractivity contribution < 1.29 is 14.3 Å². The molecule has 0 bridgehead atoms. The number of amides is 1. The van der Waals surface area contributed by atoms with Crippen molar-refractivity contribution in [2.24, 2.45) is 11.8 Å². The predicted molar refractivity (Wildman–Crippen MR) is 65.3 cm³/mol. The molecule has 17 heavy (non-hydrogen) atoms. The monoisotopic (exact) mass is 241 g/mol. The fraction of sp³-hybridized carbons (Fsp3) is 0.846. The van der Waals surface area contributed by atoms with Gasteiger partial charge in [0.25, 0.3) is 0 Å². The number of esters is 1. The largest absolute Gasteiger partial charge is 0.462 e. The molecule has 0 saturated heterocycles. The summed E-state index contributed by atoms with van der Waals surface area (Å²) >= 11 is 0. The van der Waals surface area contributed by atoms with Crippen molar-refractivity contribution in [2.75, 3.05) is 0 Å². The fourth-order valence-corrected chi connectivity index (χ4v) is 2.36. The molecule has 0 aromatic rings. The van der Waals surface area contributed by atoms with E-state index in [1.54, 1.807) is 0 Å². The van der Waals surface area contributed by atoms with E-state index in [0.717, 1.165) is 19.3 Å². The molecule has 0 aliphatic heterocycles. The van der Waals surface area contributed by atoms with Gasteiger partial charge in [-0.3, -0.25) is 9.59 Å². The first-order valence-corrected chi connectivity index (χ1v) is 6.37. The van der Waals surface area contributed by atoms with Crippen molar-refractivity contribution >= 4 is 11.9 Å². The smallest absolute Gasteiger partial charge is 0.302 e. The molecule has 4 heteroatoms. The van der Waals surface area contributed by atoms with Gasteiger partial charge in [-0.2, -0.15) is 0 Å². The molecule has 0 heterocycles. The van der Waals surface area contributed by atoms with E-state index in [4.69, 9.17) is 4.74 Å². The normalized spacial score (nSPS) is 28.9. The van der Waals surface area contributed by atoms with Crippen LogP contribution in [0.4, 0.5) is 0 Å². The maximum atomic E-state index is 12.0. The van der Waals surface area contributed by atoms with Gasteiger partial charge in [0.1, 0.15) is 6.10 Å². The molecule has 1 saturated carbocycles. The highest BCUT2D eigenvalue weighted by molar-refractivity contribution is 5.80. The van der Waals surface area contributed by atoms with Gasteiger partial charge in [-0.25, -0.2) is 0 Å². The summed E-state index contributed by atoms with van der Waals surface area (Å²) in [6, 6.07) is 0.125. The molecule has 4 nitrogen and oxygen atoms in total. The molecule has 1 rings (SSSR count). The van der Waals surface area contributed by atoms with Crippen molar-refractivity contribution in [3.05, 3.63) is 0 Å². The molecule has 0 unspecified atom stereocenters. The van der Waals surface area contributed by atoms with E-state index in [9.17, 15) is 9.59 Å². The van der Waals surface area contributed by atoms with E-state index in [-0.39, 0.29) is 29.9 Å². The van der Waals surface area contributed by atoms with Crippen LogP contribution in [0.1, 0.15) is 47.0 Å².